The van der Waals surface area contributed by atoms with Crippen molar-refractivity contribution in [2.75, 3.05) is 0 Å². The Kier molecular flexibility index (Phi) is 4.62. The Morgan fingerprint density at radius 2 is 0.886 bits per heavy atom. The van der Waals surface area contributed by atoms with Gasteiger partial charge in [-0.1, -0.05) is 115 Å². The van der Waals surface area contributed by atoms with Gasteiger partial charge in [0.15, 0.2) is 0 Å². The van der Waals surface area contributed by atoms with Crippen LogP contribution in [0.4, 0.5) is 0 Å². The lowest BCUT2D eigenvalue weighted by molar-refractivity contribution is 1.63. The molecule has 7 aromatic carbocycles. The zero-order chi connectivity index (χ0) is 23.4. The molecule has 0 fully saturated rings. The van der Waals surface area contributed by atoms with Crippen LogP contribution in [0.15, 0.2) is 127 Å². The molecule has 0 saturated carbocycles. The van der Waals surface area contributed by atoms with Crippen LogP contribution in [0.5, 0.6) is 0 Å². The summed E-state index contributed by atoms with van der Waals surface area (Å²) in [6, 6.07) is 45.6. The highest BCUT2D eigenvalue weighted by Crippen LogP contribution is 2.39. The molecule has 7 rings (SSSR count). The van der Waals surface area contributed by atoms with Crippen molar-refractivity contribution < 1.29 is 0 Å². The van der Waals surface area contributed by atoms with Crippen molar-refractivity contribution in [1.29, 1.82) is 0 Å². The molecule has 35 heavy (non-hydrogen) atoms. The fourth-order valence-electron chi connectivity index (χ4n) is 5.38. The summed E-state index contributed by atoms with van der Waals surface area (Å²) in [5, 5.41) is 10.8. The Bertz CT molecular complexity index is 1910. The predicted octanol–water partition coefficient (Wildman–Crippen LogP) is 10.3. The summed E-state index contributed by atoms with van der Waals surface area (Å²) in [4.78, 5) is 0. The first-order chi connectivity index (χ1) is 17.3. The Balaban J connectivity index is 1.47. The highest BCUT2D eigenvalue weighted by atomic mass is 35.5. The van der Waals surface area contributed by atoms with Crippen molar-refractivity contribution in [3.63, 3.8) is 0 Å². The van der Waals surface area contributed by atoms with Gasteiger partial charge >= 0.3 is 0 Å². The van der Waals surface area contributed by atoms with E-state index in [1.165, 1.54) is 54.2 Å². The van der Waals surface area contributed by atoms with E-state index >= 15 is 0 Å². The van der Waals surface area contributed by atoms with Crippen molar-refractivity contribution in [2.24, 2.45) is 0 Å². The van der Waals surface area contributed by atoms with Crippen molar-refractivity contribution in [2.45, 2.75) is 0 Å². The zero-order valence-corrected chi connectivity index (χ0v) is 19.8. The molecule has 0 heterocycles. The number of hydrogen-bond donors (Lipinski definition) is 0. The fraction of sp³-hybridized carbons (Fsp3) is 0. The molecule has 0 radical (unpaired) electrons. The molecule has 0 aliphatic heterocycles. The summed E-state index contributed by atoms with van der Waals surface area (Å²) < 4.78 is 0. The topological polar surface area (TPSA) is 0 Å². The van der Waals surface area contributed by atoms with E-state index in [0.717, 1.165) is 16.1 Å². The first-order valence-electron chi connectivity index (χ1n) is 11.9. The van der Waals surface area contributed by atoms with Crippen LogP contribution in [0, 0.1) is 0 Å². The van der Waals surface area contributed by atoms with Crippen molar-refractivity contribution in [1.82, 2.24) is 0 Å². The third-order valence-corrected chi connectivity index (χ3v) is 7.43. The van der Waals surface area contributed by atoms with Gasteiger partial charge in [-0.3, -0.25) is 0 Å². The van der Waals surface area contributed by atoms with Crippen molar-refractivity contribution in [3.05, 3.63) is 132 Å². The molecule has 0 amide bonds. The van der Waals surface area contributed by atoms with Gasteiger partial charge in [0.2, 0.25) is 0 Å². The van der Waals surface area contributed by atoms with Crippen LogP contribution in [-0.2, 0) is 0 Å². The third kappa shape index (κ3) is 3.30. The molecule has 164 valence electrons. The molecule has 0 N–H and O–H groups in total. The molecule has 1 heteroatoms. The molecule has 0 aliphatic rings. The summed E-state index contributed by atoms with van der Waals surface area (Å²) in [7, 11) is 0. The van der Waals surface area contributed by atoms with Gasteiger partial charge in [-0.05, 0) is 84.0 Å². The monoisotopic (exact) mass is 464 g/mol. The largest absolute Gasteiger partial charge is 0.0837 e. The highest BCUT2D eigenvalue weighted by molar-refractivity contribution is 6.33. The van der Waals surface area contributed by atoms with Crippen LogP contribution >= 0.6 is 11.6 Å². The lowest BCUT2D eigenvalue weighted by Crippen LogP contribution is -1.87. The molecule has 0 saturated heterocycles. The van der Waals surface area contributed by atoms with Crippen LogP contribution in [0.1, 0.15) is 0 Å². The third-order valence-electron chi connectivity index (χ3n) is 7.10. The lowest BCUT2D eigenvalue weighted by atomic mass is 9.91. The summed E-state index contributed by atoms with van der Waals surface area (Å²) in [6.07, 6.45) is 0. The van der Waals surface area contributed by atoms with Gasteiger partial charge in [-0.25, -0.2) is 0 Å². The van der Waals surface area contributed by atoms with Crippen molar-refractivity contribution in [3.8, 4) is 22.3 Å². The number of hydrogen-bond acceptors (Lipinski definition) is 0. The molecular formula is C34H21Cl. The van der Waals surface area contributed by atoms with Crippen molar-refractivity contribution >= 4 is 54.7 Å². The van der Waals surface area contributed by atoms with Crippen LogP contribution in [-0.4, -0.2) is 0 Å². The van der Waals surface area contributed by atoms with E-state index in [2.05, 4.69) is 121 Å². The molecular weight excluding hydrogens is 444 g/mol. The second-order valence-electron chi connectivity index (χ2n) is 9.11. The standard InChI is InChI=1S/C34H21Cl/c35-34-18-17-25(32-19-24-8-2-4-10-28(24)29-11-5-6-12-30(29)32)21-33(34)26-16-15-23-14-13-22-7-1-3-9-27(22)31(23)20-26/h1-21H. The van der Waals surface area contributed by atoms with Gasteiger partial charge in [0.1, 0.15) is 0 Å². The Morgan fingerprint density at radius 1 is 0.343 bits per heavy atom. The van der Waals surface area contributed by atoms with Crippen LogP contribution in [0.3, 0.4) is 0 Å². The second kappa shape index (κ2) is 7.98. The van der Waals surface area contributed by atoms with E-state index in [9.17, 15) is 0 Å². The summed E-state index contributed by atoms with van der Waals surface area (Å²) in [6.45, 7) is 0. The minimum atomic E-state index is 0.762. The minimum absolute atomic E-state index is 0.762. The molecule has 7 aromatic rings. The smallest absolute Gasteiger partial charge is 0.0484 e. The average Bonchev–Trinajstić information content (AvgIpc) is 2.92. The van der Waals surface area contributed by atoms with Gasteiger partial charge in [0, 0.05) is 10.6 Å². The highest BCUT2D eigenvalue weighted by Gasteiger charge is 2.12. The summed E-state index contributed by atoms with van der Waals surface area (Å²) >= 11 is 6.80. The number of halogens is 1. The normalized spacial score (nSPS) is 11.6. The molecule has 0 atom stereocenters. The maximum absolute atomic E-state index is 6.80. The SMILES string of the molecule is Clc1ccc(-c2cc3ccccc3c3ccccc23)cc1-c1ccc2ccc3ccccc3c2c1. The summed E-state index contributed by atoms with van der Waals surface area (Å²) in [5.74, 6) is 0. The maximum atomic E-state index is 6.80. The Morgan fingerprint density at radius 3 is 1.69 bits per heavy atom. The maximum Gasteiger partial charge on any atom is 0.0484 e. The van der Waals surface area contributed by atoms with Gasteiger partial charge < -0.3 is 0 Å². The quantitative estimate of drug-likeness (QED) is 0.223. The van der Waals surface area contributed by atoms with E-state index < -0.39 is 0 Å². The molecule has 0 bridgehead atoms. The summed E-state index contributed by atoms with van der Waals surface area (Å²) in [5.41, 5.74) is 4.58. The van der Waals surface area contributed by atoms with Gasteiger partial charge in [0.05, 0.1) is 0 Å². The van der Waals surface area contributed by atoms with Crippen LogP contribution in [0.2, 0.25) is 5.02 Å². The fourth-order valence-corrected chi connectivity index (χ4v) is 5.60. The van der Waals surface area contributed by atoms with E-state index in [0.29, 0.717) is 0 Å². The van der Waals surface area contributed by atoms with Gasteiger partial charge in [-0.2, -0.15) is 0 Å². The minimum Gasteiger partial charge on any atom is -0.0837 e. The molecule has 0 spiro atoms. The van der Waals surface area contributed by atoms with E-state index in [-0.39, 0.29) is 0 Å². The lowest BCUT2D eigenvalue weighted by Gasteiger charge is -2.14. The number of fused-ring (bicyclic) bond motifs is 6. The average molecular weight is 465 g/mol. The van der Waals surface area contributed by atoms with Gasteiger partial charge in [0.25, 0.3) is 0 Å². The van der Waals surface area contributed by atoms with Crippen LogP contribution in [0.25, 0.3) is 65.3 Å². The first kappa shape index (κ1) is 20.3. The molecule has 0 aliphatic carbocycles. The predicted molar refractivity (Wildman–Crippen MR) is 152 cm³/mol. The van der Waals surface area contributed by atoms with E-state index in [4.69, 9.17) is 11.6 Å². The van der Waals surface area contributed by atoms with E-state index in [1.54, 1.807) is 0 Å². The molecule has 0 nitrogen and oxygen atoms in total. The van der Waals surface area contributed by atoms with E-state index in [1.807, 2.05) is 6.07 Å². The molecule has 0 aromatic heterocycles. The second-order valence-corrected chi connectivity index (χ2v) is 9.52. The first-order valence-corrected chi connectivity index (χ1v) is 12.3. The Labute approximate surface area is 209 Å². The zero-order valence-electron chi connectivity index (χ0n) is 19.0. The van der Waals surface area contributed by atoms with Gasteiger partial charge in [-0.15, -0.1) is 0 Å². The molecule has 0 unspecified atom stereocenters. The number of benzene rings is 7. The Hall–Kier alpha value is -4.13. The van der Waals surface area contributed by atoms with Crippen LogP contribution < -0.4 is 0 Å². The number of rotatable bonds is 2.